The van der Waals surface area contributed by atoms with E-state index < -0.39 is 0 Å². The molecule has 1 saturated heterocycles. The minimum absolute atomic E-state index is 0.664. The summed E-state index contributed by atoms with van der Waals surface area (Å²) in [5, 5.41) is 0. The van der Waals surface area contributed by atoms with Crippen molar-refractivity contribution in [1.82, 2.24) is 9.55 Å². The molecule has 1 aromatic heterocycles. The quantitative estimate of drug-likeness (QED) is 0.873. The number of H-pyrrole nitrogens is 1. The monoisotopic (exact) mass is 278 g/mol. The predicted molar refractivity (Wildman–Crippen MR) is 77.2 cm³/mol. The lowest BCUT2D eigenvalue weighted by Gasteiger charge is -2.09. The van der Waals surface area contributed by atoms with E-state index in [9.17, 15) is 0 Å². The topological polar surface area (TPSA) is 39.2 Å². The van der Waals surface area contributed by atoms with Crippen LogP contribution in [0.25, 0.3) is 11.0 Å². The number of ether oxygens (including phenoxy) is 2. The maximum atomic E-state index is 5.42. The third kappa shape index (κ3) is 2.53. The van der Waals surface area contributed by atoms with Crippen LogP contribution < -0.4 is 4.74 Å². The highest BCUT2D eigenvalue weighted by Gasteiger charge is 2.16. The van der Waals surface area contributed by atoms with E-state index in [0.29, 0.717) is 5.92 Å². The van der Waals surface area contributed by atoms with Crippen LogP contribution in [0.5, 0.6) is 5.75 Å². The molecule has 1 aliphatic heterocycles. The van der Waals surface area contributed by atoms with E-state index in [-0.39, 0.29) is 0 Å². The summed E-state index contributed by atoms with van der Waals surface area (Å²) in [6.07, 6.45) is 2.28. The number of nitrogens with one attached hydrogen (secondary N) is 1. The molecular weight excluding hydrogens is 260 g/mol. The van der Waals surface area contributed by atoms with Crippen LogP contribution in [0.2, 0.25) is 0 Å². The number of methoxy groups -OCH3 is 1. The Labute approximate surface area is 117 Å². The predicted octanol–water partition coefficient (Wildman–Crippen LogP) is 3.13. The minimum atomic E-state index is 0.664. The number of aromatic nitrogens is 2. The van der Waals surface area contributed by atoms with Gasteiger partial charge in [0.05, 0.1) is 18.1 Å². The van der Waals surface area contributed by atoms with Gasteiger partial charge >= 0.3 is 0 Å². The molecule has 0 saturated carbocycles. The first-order chi connectivity index (χ1) is 9.28. The van der Waals surface area contributed by atoms with Crippen molar-refractivity contribution in [3.63, 3.8) is 0 Å². The molecule has 1 unspecified atom stereocenters. The number of hydrogen-bond acceptors (Lipinski definition) is 3. The van der Waals surface area contributed by atoms with Gasteiger partial charge < -0.3 is 19.0 Å². The lowest BCUT2D eigenvalue weighted by Crippen LogP contribution is -2.06. The molecule has 1 aliphatic rings. The molecule has 0 amide bonds. The average Bonchev–Trinajstić information content (AvgIpc) is 3.03. The molecule has 0 radical (unpaired) electrons. The lowest BCUT2D eigenvalue weighted by atomic mass is 10.1. The van der Waals surface area contributed by atoms with Crippen molar-refractivity contribution in [2.24, 2.45) is 5.92 Å². The minimum Gasteiger partial charge on any atom is -0.497 e. The summed E-state index contributed by atoms with van der Waals surface area (Å²) >= 11 is 5.41. The number of hydrogen-bond donors (Lipinski definition) is 1. The van der Waals surface area contributed by atoms with Crippen molar-refractivity contribution < 1.29 is 9.47 Å². The van der Waals surface area contributed by atoms with Crippen LogP contribution in [0.3, 0.4) is 0 Å². The molecule has 5 heteroatoms. The molecule has 19 heavy (non-hydrogen) atoms. The first kappa shape index (κ1) is 12.7. The summed E-state index contributed by atoms with van der Waals surface area (Å²) in [5.74, 6) is 1.52. The Bertz CT molecular complexity index is 626. The van der Waals surface area contributed by atoms with Crippen LogP contribution in [-0.4, -0.2) is 29.9 Å². The number of fused-ring (bicyclic) bond motifs is 1. The van der Waals surface area contributed by atoms with Crippen LogP contribution in [0.1, 0.15) is 12.8 Å². The number of nitrogens with zero attached hydrogens (tertiary/aromatic N) is 1. The van der Waals surface area contributed by atoms with Gasteiger partial charge in [-0.25, -0.2) is 0 Å². The zero-order valence-corrected chi connectivity index (χ0v) is 11.8. The second kappa shape index (κ2) is 5.35. The van der Waals surface area contributed by atoms with Gasteiger partial charge in [-0.1, -0.05) is 0 Å². The smallest absolute Gasteiger partial charge is 0.178 e. The van der Waals surface area contributed by atoms with E-state index in [1.54, 1.807) is 7.11 Å². The molecule has 2 heterocycles. The molecule has 4 nitrogen and oxygen atoms in total. The highest BCUT2D eigenvalue weighted by Crippen LogP contribution is 2.23. The van der Waals surface area contributed by atoms with Crippen molar-refractivity contribution >= 4 is 23.3 Å². The SMILES string of the molecule is COc1ccc2[nH]c(=S)n(CCC3CCOC3)c2c1. The van der Waals surface area contributed by atoms with Gasteiger partial charge in [0.25, 0.3) is 0 Å². The van der Waals surface area contributed by atoms with Crippen LogP contribution in [-0.2, 0) is 11.3 Å². The van der Waals surface area contributed by atoms with Crippen molar-refractivity contribution in [3.05, 3.63) is 23.0 Å². The van der Waals surface area contributed by atoms with Crippen LogP contribution >= 0.6 is 12.2 Å². The summed E-state index contributed by atoms with van der Waals surface area (Å²) < 4.78 is 13.6. The van der Waals surface area contributed by atoms with E-state index in [4.69, 9.17) is 21.7 Å². The molecule has 1 fully saturated rings. The first-order valence-corrected chi connectivity index (χ1v) is 7.03. The van der Waals surface area contributed by atoms with E-state index in [1.165, 1.54) is 6.42 Å². The third-order valence-electron chi connectivity index (χ3n) is 3.77. The largest absolute Gasteiger partial charge is 0.497 e. The standard InChI is InChI=1S/C14H18N2O2S/c1-17-11-2-3-12-13(8-11)16(14(19)15-12)6-4-10-5-7-18-9-10/h2-3,8,10H,4-7,9H2,1H3,(H,15,19). The van der Waals surface area contributed by atoms with E-state index in [0.717, 1.165) is 47.7 Å². The van der Waals surface area contributed by atoms with Gasteiger partial charge in [-0.05, 0) is 43.1 Å². The molecule has 0 bridgehead atoms. The second-order valence-corrected chi connectivity index (χ2v) is 5.37. The Balaban J connectivity index is 1.88. The second-order valence-electron chi connectivity index (χ2n) is 4.98. The highest BCUT2D eigenvalue weighted by atomic mass is 32.1. The van der Waals surface area contributed by atoms with Gasteiger partial charge in [0.1, 0.15) is 5.75 Å². The van der Waals surface area contributed by atoms with Gasteiger partial charge in [-0.15, -0.1) is 0 Å². The molecule has 1 aromatic carbocycles. The summed E-state index contributed by atoms with van der Waals surface area (Å²) in [4.78, 5) is 3.24. The van der Waals surface area contributed by atoms with Crippen molar-refractivity contribution in [1.29, 1.82) is 0 Å². The maximum absolute atomic E-state index is 5.42. The van der Waals surface area contributed by atoms with Crippen LogP contribution in [0.4, 0.5) is 0 Å². The number of imidazole rings is 1. The van der Waals surface area contributed by atoms with Gasteiger partial charge in [0.15, 0.2) is 4.77 Å². The molecule has 2 aromatic rings. The Kier molecular flexibility index (Phi) is 3.57. The van der Waals surface area contributed by atoms with Crippen LogP contribution in [0, 0.1) is 10.7 Å². The summed E-state index contributed by atoms with van der Waals surface area (Å²) in [7, 11) is 1.68. The Morgan fingerprint density at radius 2 is 2.42 bits per heavy atom. The molecular formula is C14H18N2O2S. The zero-order chi connectivity index (χ0) is 13.2. The van der Waals surface area contributed by atoms with E-state index in [1.807, 2.05) is 18.2 Å². The zero-order valence-electron chi connectivity index (χ0n) is 11.0. The Hall–Kier alpha value is -1.33. The van der Waals surface area contributed by atoms with Crippen molar-refractivity contribution in [2.75, 3.05) is 20.3 Å². The number of aryl methyl sites for hydroxylation is 1. The molecule has 1 N–H and O–H groups in total. The summed E-state index contributed by atoms with van der Waals surface area (Å²) in [6, 6.07) is 5.99. The first-order valence-electron chi connectivity index (χ1n) is 6.62. The van der Waals surface area contributed by atoms with Gasteiger partial charge in [-0.2, -0.15) is 0 Å². The fraction of sp³-hybridized carbons (Fsp3) is 0.500. The van der Waals surface area contributed by atoms with E-state index >= 15 is 0 Å². The average molecular weight is 278 g/mol. The summed E-state index contributed by atoms with van der Waals surface area (Å²) in [6.45, 7) is 2.72. The number of aromatic amines is 1. The van der Waals surface area contributed by atoms with Gasteiger partial charge in [-0.3, -0.25) is 0 Å². The van der Waals surface area contributed by atoms with Crippen molar-refractivity contribution in [3.8, 4) is 5.75 Å². The van der Waals surface area contributed by atoms with Crippen LogP contribution in [0.15, 0.2) is 18.2 Å². The fourth-order valence-electron chi connectivity index (χ4n) is 2.60. The van der Waals surface area contributed by atoms with Gasteiger partial charge in [0, 0.05) is 25.8 Å². The maximum Gasteiger partial charge on any atom is 0.178 e. The number of benzene rings is 1. The van der Waals surface area contributed by atoms with Crippen molar-refractivity contribution in [2.45, 2.75) is 19.4 Å². The normalized spacial score (nSPS) is 19.1. The molecule has 0 spiro atoms. The summed E-state index contributed by atoms with van der Waals surface area (Å²) in [5.41, 5.74) is 2.18. The molecule has 102 valence electrons. The molecule has 1 atom stereocenters. The molecule has 0 aliphatic carbocycles. The highest BCUT2D eigenvalue weighted by molar-refractivity contribution is 7.71. The lowest BCUT2D eigenvalue weighted by molar-refractivity contribution is 0.183. The van der Waals surface area contributed by atoms with E-state index in [2.05, 4.69) is 9.55 Å². The number of rotatable bonds is 4. The Morgan fingerprint density at radius 1 is 1.53 bits per heavy atom. The van der Waals surface area contributed by atoms with Gasteiger partial charge in [0.2, 0.25) is 0 Å². The fourth-order valence-corrected chi connectivity index (χ4v) is 2.90. The molecule has 3 rings (SSSR count). The Morgan fingerprint density at radius 3 is 3.16 bits per heavy atom. The third-order valence-corrected chi connectivity index (χ3v) is 4.09.